The summed E-state index contributed by atoms with van der Waals surface area (Å²) in [6.07, 6.45) is 15.2. The number of phenols is 2. The Morgan fingerprint density at radius 3 is 2.62 bits per heavy atom. The highest BCUT2D eigenvalue weighted by atomic mass is 33.1. The summed E-state index contributed by atoms with van der Waals surface area (Å²) >= 11 is 0. The van der Waals surface area contributed by atoms with Crippen molar-refractivity contribution >= 4 is 33.1 Å². The summed E-state index contributed by atoms with van der Waals surface area (Å²) < 4.78 is 6.14. The first-order valence-corrected chi connectivity index (χ1v) is 24.8. The lowest BCUT2D eigenvalue weighted by atomic mass is 9.62. The predicted octanol–water partition coefficient (Wildman–Crippen LogP) is 7.54. The Morgan fingerprint density at radius 1 is 0.968 bits per heavy atom. The van der Waals surface area contributed by atoms with Crippen molar-refractivity contribution in [2.75, 3.05) is 19.0 Å². The van der Waals surface area contributed by atoms with E-state index in [2.05, 4.69) is 29.0 Å². The number of aliphatic imine (C=N–C) groups is 1. The van der Waals surface area contributed by atoms with Gasteiger partial charge in [0.25, 0.3) is 0 Å². The van der Waals surface area contributed by atoms with Gasteiger partial charge in [-0.3, -0.25) is 9.79 Å². The highest BCUT2D eigenvalue weighted by Gasteiger charge is 2.53. The Bertz CT molecular complexity index is 2400. The van der Waals surface area contributed by atoms with Gasteiger partial charge in [0.05, 0.1) is 37.6 Å². The molecule has 332 valence electrons. The highest BCUT2D eigenvalue weighted by Crippen LogP contribution is 2.64. The van der Waals surface area contributed by atoms with Crippen LogP contribution in [0.1, 0.15) is 122 Å². The van der Waals surface area contributed by atoms with Crippen LogP contribution in [-0.2, 0) is 23.4 Å². The van der Waals surface area contributed by atoms with Gasteiger partial charge in [0, 0.05) is 47.6 Å². The molecule has 2 saturated carbocycles. The van der Waals surface area contributed by atoms with Crippen LogP contribution in [0.5, 0.6) is 17.2 Å². The Kier molecular flexibility index (Phi) is 14.1. The molecular weight excluding hydrogens is 831 g/mol. The number of hydrogen-bond donors (Lipinski definition) is 6. The molecule has 5 aliphatic rings. The summed E-state index contributed by atoms with van der Waals surface area (Å²) in [7, 11) is 3.63. The number of nitrogens with zero attached hydrogens (tertiary/aromatic N) is 1. The number of carbonyl (C=O) groups excluding carboxylic acids is 1. The summed E-state index contributed by atoms with van der Waals surface area (Å²) in [4.78, 5) is 18.0. The molecule has 8 bridgehead atoms. The zero-order valence-corrected chi connectivity index (χ0v) is 37.3. The Hall–Kier alpha value is -4.48. The summed E-state index contributed by atoms with van der Waals surface area (Å²) in [6, 6.07) is 14.7. The largest absolute Gasteiger partial charge is 0.875 e. The van der Waals surface area contributed by atoms with Crippen molar-refractivity contribution in [3.63, 3.8) is 0 Å². The van der Waals surface area contributed by atoms with Crippen LogP contribution in [0.2, 0.25) is 0 Å². The highest BCUT2D eigenvalue weighted by molar-refractivity contribution is 8.76. The van der Waals surface area contributed by atoms with E-state index < -0.39 is 18.2 Å². The number of phenolic OH excluding ortho intramolecular Hbond substituents is 2. The van der Waals surface area contributed by atoms with Crippen molar-refractivity contribution in [2.24, 2.45) is 33.2 Å². The molecule has 0 spiro atoms. The molecule has 0 unspecified atom stereocenters. The molecule has 0 aromatic heterocycles. The van der Waals surface area contributed by atoms with Crippen molar-refractivity contribution < 1.29 is 35.1 Å². The Morgan fingerprint density at radius 2 is 1.79 bits per heavy atom. The lowest BCUT2D eigenvalue weighted by Gasteiger charge is -2.44. The molecule has 8 N–H and O–H groups in total. The van der Waals surface area contributed by atoms with Gasteiger partial charge in [0.15, 0.2) is 17.3 Å². The van der Waals surface area contributed by atoms with Crippen LogP contribution in [0.3, 0.4) is 0 Å². The van der Waals surface area contributed by atoms with Gasteiger partial charge < -0.3 is 41.7 Å². The molecule has 2 fully saturated rings. The number of benzene rings is 3. The van der Waals surface area contributed by atoms with E-state index in [4.69, 9.17) is 16.2 Å². The fourth-order valence-corrected chi connectivity index (χ4v) is 13.3. The van der Waals surface area contributed by atoms with E-state index in [1.54, 1.807) is 41.3 Å². The molecule has 2 aliphatic heterocycles. The number of carbonyl (C=O) groups is 1. The fraction of sp³-hybridized carbons (Fsp3) is 0.451. The first-order chi connectivity index (χ1) is 30.4. The van der Waals surface area contributed by atoms with E-state index in [0.29, 0.717) is 71.9 Å². The number of allylic oxidation sites excluding steroid dienone is 5. The second-order valence-electron chi connectivity index (χ2n) is 18.2. The minimum Gasteiger partial charge on any atom is -0.875 e. The lowest BCUT2D eigenvalue weighted by molar-refractivity contribution is -0.307. The topological polar surface area (TPSA) is 195 Å². The Balaban J connectivity index is 1.16. The number of nitrogens with two attached hydrogens (primary N) is 2. The van der Waals surface area contributed by atoms with Crippen LogP contribution < -0.4 is 21.3 Å². The standard InChI is InChI=1S/C51H59N3O7S2/c52-49(53)41-25-34-3-1-6-44-39(15-21-54-44)47(60)27-42-40(34)26-35(41)29-62-63-31-50-17-13-36(4-2-5-38(57)28-55)51(30-50,20-19-50)18-14-37(56)10-7-32-9-12-46(59)48(24-32)61-22-16-33-8-11-45(58)43(42)23-33/h8-9,11-12,14-15,18,21,23-26,36,38,42,49,55,57-60H,2,4-7,10,13,16-17,19-20,22,27-31,52-53H2/p-1/b18-14+,47-39?/t36-,38+,42+,50+,51+/m1/s1. The molecule has 2 heterocycles. The van der Waals surface area contributed by atoms with Crippen LogP contribution in [0.25, 0.3) is 0 Å². The summed E-state index contributed by atoms with van der Waals surface area (Å²) in [5.41, 5.74) is 19.8. The maximum atomic E-state index is 14.2. The molecule has 5 atom stereocenters. The lowest BCUT2D eigenvalue weighted by Crippen LogP contribution is -2.35. The van der Waals surface area contributed by atoms with E-state index in [9.17, 15) is 30.3 Å². The zero-order chi connectivity index (χ0) is 44.1. The maximum Gasteiger partial charge on any atom is 0.161 e. The predicted molar refractivity (Wildman–Crippen MR) is 249 cm³/mol. The fourth-order valence-electron chi connectivity index (χ4n) is 10.5. The van der Waals surface area contributed by atoms with Crippen LogP contribution in [-0.4, -0.2) is 57.0 Å². The number of rotatable bonds is 6. The minimum absolute atomic E-state index is 0.00944. The smallest absolute Gasteiger partial charge is 0.161 e. The number of aliphatic hydroxyl groups is 2. The van der Waals surface area contributed by atoms with Gasteiger partial charge in [-0.1, -0.05) is 70.2 Å². The molecular formula is C51H58N3O7S2-. The number of aryl methyl sites for hydroxylation is 1. The van der Waals surface area contributed by atoms with Crippen molar-refractivity contribution in [1.29, 1.82) is 0 Å². The normalized spacial score (nSPS) is 26.0. The number of aromatic hydroxyl groups is 2. The third-order valence-electron chi connectivity index (χ3n) is 14.0. The van der Waals surface area contributed by atoms with Gasteiger partial charge in [0.2, 0.25) is 0 Å². The number of ether oxygens (including phenoxy) is 1. The molecule has 0 radical (unpaired) electrons. The average Bonchev–Trinajstić information content (AvgIpc) is 3.87. The minimum atomic E-state index is -0.762. The number of fused-ring (bicyclic) bond motifs is 7. The average molecular weight is 889 g/mol. The van der Waals surface area contributed by atoms with Gasteiger partial charge in [-0.15, -0.1) is 5.76 Å². The molecule has 8 rings (SSSR count). The summed E-state index contributed by atoms with van der Waals surface area (Å²) in [5.74, 6) is 8.43. The SMILES string of the molecule is NC(N)c1cc2c3cc1CSSC[C@@]14CC[C@@H](CCC[C@H](O)CO)[C@@](/C=C/C(=O)CCc5ccc(O)c(c5)OCCc5ccc(O)c(c5)[C@H]3CC([O-])=C3C=CN=C3CC#C2)(CC1)C4. The third-order valence-corrected chi connectivity index (χ3v) is 16.6. The van der Waals surface area contributed by atoms with Gasteiger partial charge in [0.1, 0.15) is 5.75 Å². The van der Waals surface area contributed by atoms with Crippen molar-refractivity contribution in [3.05, 3.63) is 123 Å². The number of aliphatic hydroxyl groups excluding tert-OH is 2. The van der Waals surface area contributed by atoms with E-state index in [-0.39, 0.29) is 53.5 Å². The molecule has 3 aromatic carbocycles. The van der Waals surface area contributed by atoms with Gasteiger partial charge >= 0.3 is 0 Å². The quantitative estimate of drug-likeness (QED) is 0.0814. The van der Waals surface area contributed by atoms with Gasteiger partial charge in [-0.2, -0.15) is 0 Å². The first-order valence-electron chi connectivity index (χ1n) is 22.3. The molecule has 3 aliphatic carbocycles. The van der Waals surface area contributed by atoms with E-state index >= 15 is 0 Å². The van der Waals surface area contributed by atoms with Crippen molar-refractivity contribution in [2.45, 2.75) is 107 Å². The zero-order valence-electron chi connectivity index (χ0n) is 35.7. The van der Waals surface area contributed by atoms with Crippen LogP contribution >= 0.6 is 21.6 Å². The molecule has 63 heavy (non-hydrogen) atoms. The van der Waals surface area contributed by atoms with Gasteiger partial charge in [-0.25, -0.2) is 0 Å². The van der Waals surface area contributed by atoms with Crippen molar-refractivity contribution in [3.8, 4) is 29.1 Å². The van der Waals surface area contributed by atoms with Crippen LogP contribution in [0.4, 0.5) is 0 Å². The van der Waals surface area contributed by atoms with Crippen LogP contribution in [0.15, 0.2) is 89.3 Å². The molecule has 12 heteroatoms. The third kappa shape index (κ3) is 10.3. The molecule has 0 amide bonds. The second kappa shape index (κ2) is 19.7. The number of ketones is 1. The monoisotopic (exact) mass is 888 g/mol. The summed E-state index contributed by atoms with van der Waals surface area (Å²) in [6.45, 7) is -0.00183. The van der Waals surface area contributed by atoms with Crippen LogP contribution in [0, 0.1) is 28.6 Å². The Labute approximate surface area is 378 Å². The second-order valence-corrected chi connectivity index (χ2v) is 20.6. The number of hydrogen-bond acceptors (Lipinski definition) is 12. The molecule has 3 aromatic rings. The van der Waals surface area contributed by atoms with E-state index in [1.807, 2.05) is 41.1 Å². The van der Waals surface area contributed by atoms with E-state index in [1.165, 1.54) is 0 Å². The van der Waals surface area contributed by atoms with Crippen molar-refractivity contribution in [1.82, 2.24) is 0 Å². The molecule has 0 saturated heterocycles. The molecule has 10 nitrogen and oxygen atoms in total. The summed E-state index contributed by atoms with van der Waals surface area (Å²) in [5, 5.41) is 56.0. The first kappa shape index (κ1) is 45.1. The van der Waals surface area contributed by atoms with Gasteiger partial charge in [-0.05, 0) is 144 Å². The van der Waals surface area contributed by atoms with E-state index in [0.717, 1.165) is 78.5 Å². The maximum absolute atomic E-state index is 14.2.